The first-order valence-corrected chi connectivity index (χ1v) is 47.0. The van der Waals surface area contributed by atoms with Crippen LogP contribution < -0.4 is 0 Å². The van der Waals surface area contributed by atoms with E-state index in [1.54, 1.807) is 0 Å². The van der Waals surface area contributed by atoms with Gasteiger partial charge in [0.1, 0.15) is 22.3 Å². The van der Waals surface area contributed by atoms with E-state index in [1.165, 1.54) is 208 Å². The summed E-state index contributed by atoms with van der Waals surface area (Å²) in [6, 6.07) is 157. The van der Waals surface area contributed by atoms with Crippen LogP contribution in [-0.4, -0.2) is 13.7 Å². The number of hydrogen-bond donors (Lipinski definition) is 0. The molecule has 0 amide bonds. The Morgan fingerprint density at radius 2 is 0.549 bits per heavy atom. The Bertz CT molecular complexity index is 8830. The van der Waals surface area contributed by atoms with Crippen molar-refractivity contribution >= 4 is 141 Å². The summed E-state index contributed by atoms with van der Waals surface area (Å²) in [5.41, 5.74) is 42.6. The Kier molecular flexibility index (Phi) is 17.0. The Morgan fingerprint density at radius 3 is 1.04 bits per heavy atom. The zero-order chi connectivity index (χ0) is 88.1. The summed E-state index contributed by atoms with van der Waals surface area (Å²) in [6.45, 7) is 9.39. The van der Waals surface area contributed by atoms with Gasteiger partial charge < -0.3 is 22.5 Å². The van der Waals surface area contributed by atoms with Crippen molar-refractivity contribution in [2.75, 3.05) is 0 Å². The number of thiophene rings is 1. The van der Waals surface area contributed by atoms with Crippen molar-refractivity contribution in [1.29, 1.82) is 0 Å². The zero-order valence-electron chi connectivity index (χ0n) is 73.8. The third-order valence-corrected chi connectivity index (χ3v) is 30.4. The number of fused-ring (bicyclic) bond motifs is 33. The highest BCUT2D eigenvalue weighted by Gasteiger charge is 2.40. The largest absolute Gasteiger partial charge is 0.455 e. The molecule has 0 saturated heterocycles. The second-order valence-corrected chi connectivity index (χ2v) is 38.2. The lowest BCUT2D eigenvalue weighted by atomic mass is 9.82. The molecule has 6 heteroatoms. The van der Waals surface area contributed by atoms with Gasteiger partial charge in [-0.1, -0.05) is 361 Å². The van der Waals surface area contributed by atoms with E-state index in [4.69, 9.17) is 8.83 Å². The fourth-order valence-corrected chi connectivity index (χ4v) is 24.4. The molecule has 0 atom stereocenters. The number of nitrogens with zero attached hydrogens (tertiary/aromatic N) is 3. The lowest BCUT2D eigenvalue weighted by Gasteiger charge is -2.21. The van der Waals surface area contributed by atoms with Gasteiger partial charge in [-0.2, -0.15) is 0 Å². The van der Waals surface area contributed by atoms with Crippen LogP contribution in [0.4, 0.5) is 0 Å². The molecule has 0 fully saturated rings. The molecule has 0 aliphatic heterocycles. The summed E-state index contributed by atoms with van der Waals surface area (Å²) in [5, 5.41) is 14.7. The van der Waals surface area contributed by atoms with E-state index >= 15 is 0 Å². The van der Waals surface area contributed by atoms with Crippen molar-refractivity contribution in [3.8, 4) is 106 Å². The Balaban J connectivity index is 0.000000102. The average molecular weight is 1720 g/mol. The van der Waals surface area contributed by atoms with Crippen LogP contribution in [-0.2, 0) is 17.3 Å². The number of rotatable bonds is 8. The quantitative estimate of drug-likeness (QED) is 0.152. The van der Waals surface area contributed by atoms with E-state index in [0.29, 0.717) is 0 Å². The maximum Gasteiger partial charge on any atom is 0.145 e. The number of aromatic nitrogens is 3. The van der Waals surface area contributed by atoms with Gasteiger partial charge in [0.2, 0.25) is 0 Å². The van der Waals surface area contributed by atoms with Crippen molar-refractivity contribution in [1.82, 2.24) is 13.7 Å². The first-order valence-electron chi connectivity index (χ1n) is 46.2. The Hall–Kier alpha value is -16.4. The highest BCUT2D eigenvalue weighted by atomic mass is 32.1. The monoisotopic (exact) mass is 1720 g/mol. The van der Waals surface area contributed by atoms with Gasteiger partial charge in [0.15, 0.2) is 0 Å². The van der Waals surface area contributed by atoms with Gasteiger partial charge in [0, 0.05) is 108 Å². The number of furan rings is 2. The lowest BCUT2D eigenvalue weighted by Crippen LogP contribution is -2.14. The average Bonchev–Trinajstić information content (AvgIpc) is 1.54. The summed E-state index contributed by atoms with van der Waals surface area (Å²) in [5.74, 6) is 0. The van der Waals surface area contributed by atoms with Crippen molar-refractivity contribution in [2.45, 2.75) is 44.9 Å². The fourth-order valence-electron chi connectivity index (χ4n) is 23.0. The SMILES string of the molecule is CC1(C)c2ccccc2-c2c1ccc1c2oc2c1ccc1c2c2ccccc2n1-c1cc(-c2ccccc2)cc(-c2ccccc2)c1.CC1(C)c2ccccc2-c2c1ccc1c2sc2c1ccc1c2c2ccccc2n1-c1cc(-c2ccccc2)cc(-c2ccccc2)c1.c1ccc(-c2ccc(-n3c4ccccc4c4c5oc6c7c(ccc6c5ccc43)Cc3ccccc3-7)cc2)cc1. The minimum atomic E-state index is -0.0787. The van der Waals surface area contributed by atoms with E-state index < -0.39 is 0 Å². The third kappa shape index (κ3) is 11.7. The van der Waals surface area contributed by atoms with Gasteiger partial charge in [0.05, 0.1) is 43.9 Å². The minimum Gasteiger partial charge on any atom is -0.455 e. The summed E-state index contributed by atoms with van der Waals surface area (Å²) in [4.78, 5) is 0. The molecule has 0 N–H and O–H groups in total. The molecule has 26 aromatic rings. The van der Waals surface area contributed by atoms with Gasteiger partial charge in [-0.3, -0.25) is 0 Å². The molecule has 3 aliphatic rings. The van der Waals surface area contributed by atoms with Gasteiger partial charge in [0.25, 0.3) is 0 Å². The fraction of sp³-hybridized carbons (Fsp3) is 0.0551. The van der Waals surface area contributed by atoms with Gasteiger partial charge in [-0.15, -0.1) is 11.3 Å². The van der Waals surface area contributed by atoms with Crippen molar-refractivity contribution < 1.29 is 8.83 Å². The third-order valence-electron chi connectivity index (χ3n) is 29.2. The van der Waals surface area contributed by atoms with E-state index in [0.717, 1.165) is 67.5 Å². The maximum atomic E-state index is 7.09. The second kappa shape index (κ2) is 29.6. The van der Waals surface area contributed by atoms with Crippen LogP contribution in [0.3, 0.4) is 0 Å². The maximum absolute atomic E-state index is 7.09. The van der Waals surface area contributed by atoms with Gasteiger partial charge >= 0.3 is 0 Å². The normalized spacial score (nSPS) is 13.2. The van der Waals surface area contributed by atoms with Crippen LogP contribution in [0.25, 0.3) is 236 Å². The predicted molar refractivity (Wildman–Crippen MR) is 560 cm³/mol. The molecule has 6 aromatic heterocycles. The van der Waals surface area contributed by atoms with Crippen LogP contribution in [0.1, 0.15) is 61.1 Å². The summed E-state index contributed by atoms with van der Waals surface area (Å²) < 4.78 is 24.0. The number of benzene rings is 20. The van der Waals surface area contributed by atoms with Gasteiger partial charge in [-0.05, 0) is 209 Å². The van der Waals surface area contributed by atoms with E-state index in [1.807, 2.05) is 11.3 Å². The molecule has 626 valence electrons. The molecule has 5 nitrogen and oxygen atoms in total. The second-order valence-electron chi connectivity index (χ2n) is 37.2. The van der Waals surface area contributed by atoms with Crippen molar-refractivity contribution in [3.63, 3.8) is 0 Å². The van der Waals surface area contributed by atoms with Crippen LogP contribution in [0.2, 0.25) is 0 Å². The van der Waals surface area contributed by atoms with Gasteiger partial charge in [-0.25, -0.2) is 0 Å². The molecule has 133 heavy (non-hydrogen) atoms. The van der Waals surface area contributed by atoms with Crippen LogP contribution in [0.5, 0.6) is 0 Å². The van der Waals surface area contributed by atoms with Crippen LogP contribution >= 0.6 is 11.3 Å². The molecule has 29 rings (SSSR count). The van der Waals surface area contributed by atoms with E-state index in [2.05, 4.69) is 472 Å². The first-order chi connectivity index (χ1) is 65.5. The van der Waals surface area contributed by atoms with Crippen molar-refractivity contribution in [3.05, 3.63) is 464 Å². The van der Waals surface area contributed by atoms with Crippen LogP contribution in [0, 0.1) is 0 Å². The Morgan fingerprint density at radius 1 is 0.211 bits per heavy atom. The van der Waals surface area contributed by atoms with Crippen molar-refractivity contribution in [2.24, 2.45) is 0 Å². The Labute approximate surface area is 772 Å². The predicted octanol–water partition coefficient (Wildman–Crippen LogP) is 35.0. The molecular formula is C127H85N3O2S. The molecule has 6 heterocycles. The molecule has 0 bridgehead atoms. The lowest BCUT2D eigenvalue weighted by molar-refractivity contribution is 0.654. The molecular weight excluding hydrogens is 1630 g/mol. The summed E-state index contributed by atoms with van der Waals surface area (Å²) in [6.07, 6.45) is 0.964. The smallest absolute Gasteiger partial charge is 0.145 e. The first kappa shape index (κ1) is 76.6. The molecule has 0 radical (unpaired) electrons. The van der Waals surface area contributed by atoms with Crippen LogP contribution in [0.15, 0.2) is 440 Å². The van der Waals surface area contributed by atoms with E-state index in [9.17, 15) is 0 Å². The summed E-state index contributed by atoms with van der Waals surface area (Å²) in [7, 11) is 0. The highest BCUT2D eigenvalue weighted by molar-refractivity contribution is 7.27. The highest BCUT2D eigenvalue weighted by Crippen LogP contribution is 2.58. The standard InChI is InChI=1S/C45H31NO.C45H31NS.C37H23NO/c2*1-45(2)37-19-11-9-17-35(37)41-38(45)23-21-33-34-22-24-40-42(44(34)47-43(33)41)36-18-10-12-20-39(36)46(40)32-26-30(28-13-5-3-6-14-28)25-31(27-32)29-15-7-4-8-16-29;1-2-8-23(9-3-1)24-14-17-27(18-15-24)38-32-13-7-6-12-31(32)35-33(38)21-20-30-29-19-16-26-22-25-10-4-5-11-28(25)34(26)36(29)39-37(30)35/h2*3-27H,1-2H3;1-21H,22H2. The number of hydrogen-bond acceptors (Lipinski definition) is 3. The van der Waals surface area contributed by atoms with E-state index in [-0.39, 0.29) is 10.8 Å². The molecule has 20 aromatic carbocycles. The minimum absolute atomic E-state index is 0.0120. The number of para-hydroxylation sites is 3. The molecule has 0 spiro atoms. The molecule has 0 unspecified atom stereocenters. The molecule has 0 saturated carbocycles. The molecule has 3 aliphatic carbocycles. The topological polar surface area (TPSA) is 41.1 Å². The zero-order valence-corrected chi connectivity index (χ0v) is 74.6. The summed E-state index contributed by atoms with van der Waals surface area (Å²) >= 11 is 1.97.